The Morgan fingerprint density at radius 2 is 2.14 bits per heavy atom. The first kappa shape index (κ1) is 16.1. The first-order valence-electron chi connectivity index (χ1n) is 5.81. The molecule has 0 fully saturated rings. The van der Waals surface area contributed by atoms with Crippen molar-refractivity contribution in [2.45, 2.75) is 13.8 Å². The van der Waals surface area contributed by atoms with Crippen molar-refractivity contribution in [1.29, 1.82) is 0 Å². The van der Waals surface area contributed by atoms with Gasteiger partial charge in [-0.05, 0) is 13.8 Å². The lowest BCUT2D eigenvalue weighted by molar-refractivity contribution is -0.385. The Bertz CT molecular complexity index is 619. The number of aliphatic hydroxyl groups is 1. The Labute approximate surface area is 119 Å². The normalized spacial score (nSPS) is 12.1. The maximum atomic E-state index is 11.5. The van der Waals surface area contributed by atoms with Gasteiger partial charge in [0.1, 0.15) is 5.76 Å². The number of carbonyl (C=O) groups is 1. The third-order valence-electron chi connectivity index (χ3n) is 2.22. The van der Waals surface area contributed by atoms with Crippen LogP contribution in [0.25, 0.3) is 0 Å². The van der Waals surface area contributed by atoms with Gasteiger partial charge >= 0.3 is 5.97 Å². The Morgan fingerprint density at radius 1 is 1.48 bits per heavy atom. The number of benzene rings is 1. The van der Waals surface area contributed by atoms with Gasteiger partial charge in [-0.2, -0.15) is 5.11 Å². The first-order chi connectivity index (χ1) is 9.86. The van der Waals surface area contributed by atoms with Gasteiger partial charge < -0.3 is 14.9 Å². The number of nitro groups is 1. The van der Waals surface area contributed by atoms with Crippen molar-refractivity contribution >= 4 is 17.3 Å². The monoisotopic (exact) mass is 294 g/mol. The highest BCUT2D eigenvalue weighted by Crippen LogP contribution is 2.29. The van der Waals surface area contributed by atoms with Crippen molar-refractivity contribution < 1.29 is 24.7 Å². The fraction of sp³-hybridized carbons (Fsp3) is 0.250. The molecule has 0 aliphatic rings. The van der Waals surface area contributed by atoms with Crippen LogP contribution < -0.4 is 5.11 Å². The highest BCUT2D eigenvalue weighted by Gasteiger charge is 2.14. The smallest absolute Gasteiger partial charge is 0.362 e. The summed E-state index contributed by atoms with van der Waals surface area (Å²) in [5.74, 6) is -1.97. The van der Waals surface area contributed by atoms with Crippen LogP contribution in [-0.4, -0.2) is 22.6 Å². The summed E-state index contributed by atoms with van der Waals surface area (Å²) in [6.45, 7) is 2.82. The third-order valence-corrected chi connectivity index (χ3v) is 2.22. The fourth-order valence-corrected chi connectivity index (χ4v) is 1.26. The van der Waals surface area contributed by atoms with Crippen LogP contribution in [0.3, 0.4) is 0 Å². The van der Waals surface area contributed by atoms with E-state index in [0.29, 0.717) is 0 Å². The number of allylic oxidation sites excluding steroid dienone is 1. The molecule has 1 N–H and O–H groups in total. The van der Waals surface area contributed by atoms with Gasteiger partial charge in [0.05, 0.1) is 17.2 Å². The van der Waals surface area contributed by atoms with Crippen molar-refractivity contribution in [3.63, 3.8) is 0 Å². The number of aliphatic hydroxyl groups excluding tert-OH is 1. The molecule has 0 aromatic heterocycles. The standard InChI is InChI=1S/C12H13N3O6/c1-3-21-12(18)11(7(2)16)14-13-9-6-8(15(19)20)4-5-10(9)17/h4-6,16-17H,3H2,1-2H3/p-1/b11-7-,14-13?. The molecule has 0 amide bonds. The topological polar surface area (TPSA) is 137 Å². The zero-order chi connectivity index (χ0) is 16.0. The zero-order valence-electron chi connectivity index (χ0n) is 11.3. The summed E-state index contributed by atoms with van der Waals surface area (Å²) in [6.07, 6.45) is 0. The molecule has 0 radical (unpaired) electrons. The molecule has 0 spiro atoms. The summed E-state index contributed by atoms with van der Waals surface area (Å²) in [6, 6.07) is 2.91. The van der Waals surface area contributed by atoms with Gasteiger partial charge in [-0.25, -0.2) is 4.79 Å². The van der Waals surface area contributed by atoms with E-state index in [1.54, 1.807) is 6.92 Å². The van der Waals surface area contributed by atoms with E-state index in [0.717, 1.165) is 18.2 Å². The van der Waals surface area contributed by atoms with Gasteiger partial charge in [-0.1, -0.05) is 11.8 Å². The second-order valence-electron chi connectivity index (χ2n) is 3.76. The summed E-state index contributed by atoms with van der Waals surface area (Å²) in [7, 11) is 0. The van der Waals surface area contributed by atoms with Crippen LogP contribution in [0.1, 0.15) is 13.8 Å². The van der Waals surface area contributed by atoms with Gasteiger partial charge in [0.25, 0.3) is 5.69 Å². The third kappa shape index (κ3) is 4.27. The first-order valence-corrected chi connectivity index (χ1v) is 5.81. The summed E-state index contributed by atoms with van der Waals surface area (Å²) < 4.78 is 4.65. The van der Waals surface area contributed by atoms with Crippen LogP contribution in [0.5, 0.6) is 5.75 Å². The van der Waals surface area contributed by atoms with Crippen molar-refractivity contribution in [3.8, 4) is 5.75 Å². The van der Waals surface area contributed by atoms with Crippen LogP contribution in [-0.2, 0) is 9.53 Å². The van der Waals surface area contributed by atoms with E-state index in [1.807, 2.05) is 0 Å². The van der Waals surface area contributed by atoms with E-state index < -0.39 is 28.1 Å². The summed E-state index contributed by atoms with van der Waals surface area (Å²) in [5, 5.41) is 38.3. The number of carbonyl (C=O) groups excluding carboxylic acids is 1. The van der Waals surface area contributed by atoms with E-state index in [9.17, 15) is 25.1 Å². The molecular weight excluding hydrogens is 282 g/mol. The summed E-state index contributed by atoms with van der Waals surface area (Å²) in [4.78, 5) is 21.4. The number of rotatable bonds is 5. The molecule has 1 aromatic rings. The lowest BCUT2D eigenvalue weighted by Crippen LogP contribution is -2.07. The molecule has 0 unspecified atom stereocenters. The molecule has 0 bridgehead atoms. The minimum atomic E-state index is -0.917. The maximum absolute atomic E-state index is 11.5. The van der Waals surface area contributed by atoms with E-state index in [2.05, 4.69) is 15.0 Å². The van der Waals surface area contributed by atoms with Crippen LogP contribution in [0.4, 0.5) is 11.4 Å². The van der Waals surface area contributed by atoms with Crippen LogP contribution in [0.2, 0.25) is 0 Å². The van der Waals surface area contributed by atoms with Crippen molar-refractivity contribution in [2.75, 3.05) is 6.61 Å². The molecule has 21 heavy (non-hydrogen) atoms. The van der Waals surface area contributed by atoms with Crippen molar-refractivity contribution in [1.82, 2.24) is 0 Å². The number of nitro benzene ring substituents is 1. The number of nitrogens with zero attached hydrogens (tertiary/aromatic N) is 3. The quantitative estimate of drug-likeness (QED) is 0.220. The summed E-state index contributed by atoms with van der Waals surface area (Å²) >= 11 is 0. The second kappa shape index (κ2) is 6.98. The molecule has 1 rings (SSSR count). The highest BCUT2D eigenvalue weighted by atomic mass is 16.6. The van der Waals surface area contributed by atoms with Crippen LogP contribution in [0.15, 0.2) is 39.9 Å². The Morgan fingerprint density at radius 3 is 2.67 bits per heavy atom. The maximum Gasteiger partial charge on any atom is 0.362 e. The van der Waals surface area contributed by atoms with E-state index in [-0.39, 0.29) is 18.0 Å². The zero-order valence-corrected chi connectivity index (χ0v) is 11.3. The van der Waals surface area contributed by atoms with Gasteiger partial charge in [0.2, 0.25) is 5.70 Å². The van der Waals surface area contributed by atoms with Gasteiger partial charge in [0.15, 0.2) is 0 Å². The SMILES string of the molecule is CCOC(=O)/C(N=Nc1cc([N+](=O)[O-])ccc1[O-])=C(\C)O. The van der Waals surface area contributed by atoms with Crippen LogP contribution in [0, 0.1) is 10.1 Å². The molecule has 9 nitrogen and oxygen atoms in total. The predicted molar refractivity (Wildman–Crippen MR) is 69.0 cm³/mol. The van der Waals surface area contributed by atoms with Gasteiger partial charge in [-0.15, -0.1) is 5.11 Å². The van der Waals surface area contributed by atoms with Crippen molar-refractivity contribution in [2.24, 2.45) is 10.2 Å². The molecule has 0 atom stereocenters. The average Bonchev–Trinajstić information content (AvgIpc) is 2.40. The molecule has 0 saturated carbocycles. The molecule has 112 valence electrons. The van der Waals surface area contributed by atoms with E-state index >= 15 is 0 Å². The molecule has 1 aromatic carbocycles. The van der Waals surface area contributed by atoms with E-state index in [4.69, 9.17) is 0 Å². The fourth-order valence-electron chi connectivity index (χ4n) is 1.26. The van der Waals surface area contributed by atoms with Crippen LogP contribution >= 0.6 is 0 Å². The molecule has 0 saturated heterocycles. The Kier molecular flexibility index (Phi) is 5.35. The molecular formula is C12H12N3O6-. The number of esters is 1. The van der Waals surface area contributed by atoms with Gasteiger partial charge in [-0.3, -0.25) is 10.1 Å². The minimum Gasteiger partial charge on any atom is -0.871 e. The predicted octanol–water partition coefficient (Wildman–Crippen LogP) is 2.10. The summed E-state index contributed by atoms with van der Waals surface area (Å²) in [5.41, 5.74) is -1.15. The number of hydrogen-bond acceptors (Lipinski definition) is 8. The lowest BCUT2D eigenvalue weighted by Gasteiger charge is -2.08. The van der Waals surface area contributed by atoms with Gasteiger partial charge in [0, 0.05) is 12.1 Å². The molecule has 0 aliphatic carbocycles. The largest absolute Gasteiger partial charge is 0.871 e. The minimum absolute atomic E-state index is 0.0642. The van der Waals surface area contributed by atoms with Crippen molar-refractivity contribution in [3.05, 3.63) is 39.8 Å². The Balaban J connectivity index is 3.13. The highest BCUT2D eigenvalue weighted by molar-refractivity contribution is 5.88. The molecule has 0 aliphatic heterocycles. The lowest BCUT2D eigenvalue weighted by atomic mass is 10.2. The number of hydrogen-bond donors (Lipinski definition) is 1. The van der Waals surface area contributed by atoms with E-state index in [1.165, 1.54) is 6.92 Å². The second-order valence-corrected chi connectivity index (χ2v) is 3.76. The Hall–Kier alpha value is -2.97. The number of non-ortho nitro benzene ring substituents is 1. The average molecular weight is 294 g/mol. The molecule has 9 heteroatoms. The number of azo groups is 1. The molecule has 0 heterocycles. The number of ether oxygens (including phenoxy) is 1.